The summed E-state index contributed by atoms with van der Waals surface area (Å²) in [6, 6.07) is 13.1. The average Bonchev–Trinajstić information content (AvgIpc) is 2.92. The molecule has 1 atom stereocenters. The molecule has 2 aromatic carbocycles. The first-order chi connectivity index (χ1) is 10.5. The quantitative estimate of drug-likeness (QED) is 0.614. The van der Waals surface area contributed by atoms with E-state index >= 15 is 0 Å². The third kappa shape index (κ3) is 2.52. The van der Waals surface area contributed by atoms with Gasteiger partial charge < -0.3 is 4.98 Å². The van der Waals surface area contributed by atoms with Gasteiger partial charge in [0.1, 0.15) is 0 Å². The number of H-pyrrole nitrogens is 1. The number of fused-ring (bicyclic) bond motifs is 1. The van der Waals surface area contributed by atoms with Crippen LogP contribution in [0, 0.1) is 0 Å². The van der Waals surface area contributed by atoms with Gasteiger partial charge in [-0.15, -0.1) is 6.58 Å². The lowest BCUT2D eigenvalue weighted by Crippen LogP contribution is -2.06. The molecule has 0 fully saturated rings. The van der Waals surface area contributed by atoms with Crippen LogP contribution in [0.2, 0.25) is 0 Å². The molecular formula is C18H14F3N. The number of rotatable bonds is 3. The second-order valence-electron chi connectivity index (χ2n) is 5.13. The number of para-hydroxylation sites is 1. The molecule has 4 heteroatoms. The van der Waals surface area contributed by atoms with Crippen LogP contribution < -0.4 is 0 Å². The Labute approximate surface area is 126 Å². The monoisotopic (exact) mass is 301 g/mol. The zero-order valence-corrected chi connectivity index (χ0v) is 11.7. The number of halogens is 3. The first kappa shape index (κ1) is 14.4. The van der Waals surface area contributed by atoms with E-state index in [9.17, 15) is 13.2 Å². The molecule has 3 aromatic rings. The van der Waals surface area contributed by atoms with Crippen LogP contribution in [0.5, 0.6) is 0 Å². The van der Waals surface area contributed by atoms with Crippen molar-refractivity contribution in [2.45, 2.75) is 12.1 Å². The van der Waals surface area contributed by atoms with Crippen LogP contribution in [0.3, 0.4) is 0 Å². The minimum Gasteiger partial charge on any atom is -0.361 e. The Morgan fingerprint density at radius 3 is 2.55 bits per heavy atom. The molecule has 22 heavy (non-hydrogen) atoms. The van der Waals surface area contributed by atoms with E-state index < -0.39 is 11.7 Å². The molecule has 0 aliphatic rings. The second kappa shape index (κ2) is 5.37. The molecule has 1 N–H and O–H groups in total. The molecule has 0 saturated heterocycles. The summed E-state index contributed by atoms with van der Waals surface area (Å²) in [6.45, 7) is 3.80. The normalized spacial score (nSPS) is 13.2. The fraction of sp³-hybridized carbons (Fsp3) is 0.111. The van der Waals surface area contributed by atoms with E-state index in [-0.39, 0.29) is 5.92 Å². The molecule has 0 amide bonds. The lowest BCUT2D eigenvalue weighted by atomic mass is 9.90. The van der Waals surface area contributed by atoms with E-state index in [1.54, 1.807) is 12.1 Å². The number of allylic oxidation sites excluding steroid dienone is 1. The van der Waals surface area contributed by atoms with Crippen LogP contribution in [0.4, 0.5) is 13.2 Å². The van der Waals surface area contributed by atoms with Gasteiger partial charge >= 0.3 is 6.18 Å². The molecule has 0 aliphatic heterocycles. The highest BCUT2D eigenvalue weighted by Gasteiger charge is 2.31. The zero-order chi connectivity index (χ0) is 15.7. The Morgan fingerprint density at radius 1 is 1.05 bits per heavy atom. The lowest BCUT2D eigenvalue weighted by molar-refractivity contribution is -0.137. The lowest BCUT2D eigenvalue weighted by Gasteiger charge is -2.15. The van der Waals surface area contributed by atoms with Crippen LogP contribution in [-0.4, -0.2) is 4.98 Å². The largest absolute Gasteiger partial charge is 0.416 e. The molecule has 0 aliphatic carbocycles. The first-order valence-corrected chi connectivity index (χ1v) is 6.86. The third-order valence-corrected chi connectivity index (χ3v) is 3.77. The smallest absolute Gasteiger partial charge is 0.361 e. The number of hydrogen-bond acceptors (Lipinski definition) is 0. The summed E-state index contributed by atoms with van der Waals surface area (Å²) in [5.74, 6) is -0.293. The summed E-state index contributed by atoms with van der Waals surface area (Å²) in [7, 11) is 0. The minimum atomic E-state index is -4.35. The van der Waals surface area contributed by atoms with Gasteiger partial charge in [-0.3, -0.25) is 0 Å². The van der Waals surface area contributed by atoms with Crippen LogP contribution in [0.1, 0.15) is 22.6 Å². The summed E-state index contributed by atoms with van der Waals surface area (Å²) in [6.07, 6.45) is -0.843. The van der Waals surface area contributed by atoms with Gasteiger partial charge in [0.2, 0.25) is 0 Å². The van der Waals surface area contributed by atoms with Crippen molar-refractivity contribution < 1.29 is 13.2 Å². The number of nitrogens with one attached hydrogen (secondary N) is 1. The molecule has 112 valence electrons. The van der Waals surface area contributed by atoms with Gasteiger partial charge in [-0.2, -0.15) is 13.2 Å². The number of aromatic nitrogens is 1. The molecular weight excluding hydrogens is 287 g/mol. The van der Waals surface area contributed by atoms with E-state index in [0.717, 1.165) is 22.5 Å². The van der Waals surface area contributed by atoms with Crippen LogP contribution in [0.15, 0.2) is 67.4 Å². The highest BCUT2D eigenvalue weighted by molar-refractivity contribution is 5.84. The zero-order valence-electron chi connectivity index (χ0n) is 11.7. The van der Waals surface area contributed by atoms with Crippen molar-refractivity contribution in [2.75, 3.05) is 0 Å². The maximum atomic E-state index is 12.9. The molecule has 0 spiro atoms. The van der Waals surface area contributed by atoms with Gasteiger partial charge in [-0.1, -0.05) is 42.5 Å². The highest BCUT2D eigenvalue weighted by Crippen LogP contribution is 2.35. The first-order valence-electron chi connectivity index (χ1n) is 6.86. The summed E-state index contributed by atoms with van der Waals surface area (Å²) in [5.41, 5.74) is 1.81. The molecule has 3 rings (SSSR count). The molecule has 1 nitrogen and oxygen atoms in total. The van der Waals surface area contributed by atoms with Gasteiger partial charge in [0, 0.05) is 23.0 Å². The van der Waals surface area contributed by atoms with E-state index in [0.29, 0.717) is 5.56 Å². The summed E-state index contributed by atoms with van der Waals surface area (Å²) < 4.78 is 38.7. The maximum absolute atomic E-state index is 12.9. The van der Waals surface area contributed by atoms with E-state index in [1.807, 2.05) is 30.5 Å². The SMILES string of the molecule is C=C[C@@H](c1cccc(C(F)(F)F)c1)c1c[nH]c2ccccc12. The van der Waals surface area contributed by atoms with Crippen molar-refractivity contribution in [3.63, 3.8) is 0 Å². The van der Waals surface area contributed by atoms with Crippen LogP contribution in [0.25, 0.3) is 10.9 Å². The predicted molar refractivity (Wildman–Crippen MR) is 81.8 cm³/mol. The number of alkyl halides is 3. The molecule has 0 radical (unpaired) electrons. The number of benzene rings is 2. The second-order valence-corrected chi connectivity index (χ2v) is 5.13. The standard InChI is InChI=1S/C18H14F3N/c1-2-14(12-6-5-7-13(10-12)18(19,20)21)16-11-22-17-9-4-3-8-15(16)17/h2-11,14,22H,1H2/t14-/m0/s1. The Morgan fingerprint density at radius 2 is 1.82 bits per heavy atom. The Kier molecular flexibility index (Phi) is 3.53. The van der Waals surface area contributed by atoms with Crippen molar-refractivity contribution in [3.8, 4) is 0 Å². The van der Waals surface area contributed by atoms with E-state index in [1.165, 1.54) is 12.1 Å². The van der Waals surface area contributed by atoms with Crippen molar-refractivity contribution in [1.29, 1.82) is 0 Å². The van der Waals surface area contributed by atoms with E-state index in [4.69, 9.17) is 0 Å². The Bertz CT molecular complexity index is 814. The highest BCUT2D eigenvalue weighted by atomic mass is 19.4. The van der Waals surface area contributed by atoms with Gasteiger partial charge in [-0.25, -0.2) is 0 Å². The molecule has 0 bridgehead atoms. The Hall–Kier alpha value is -2.49. The van der Waals surface area contributed by atoms with Crippen LogP contribution >= 0.6 is 0 Å². The molecule has 0 unspecified atom stereocenters. The van der Waals surface area contributed by atoms with Crippen molar-refractivity contribution in [1.82, 2.24) is 4.98 Å². The minimum absolute atomic E-state index is 0.293. The number of hydrogen-bond donors (Lipinski definition) is 1. The summed E-state index contributed by atoms with van der Waals surface area (Å²) in [5, 5.41) is 0.991. The fourth-order valence-corrected chi connectivity index (χ4v) is 2.70. The van der Waals surface area contributed by atoms with Crippen LogP contribution in [-0.2, 0) is 6.18 Å². The van der Waals surface area contributed by atoms with Crippen molar-refractivity contribution in [2.24, 2.45) is 0 Å². The van der Waals surface area contributed by atoms with Gasteiger partial charge in [-0.05, 0) is 23.3 Å². The molecule has 0 saturated carbocycles. The maximum Gasteiger partial charge on any atom is 0.416 e. The van der Waals surface area contributed by atoms with Gasteiger partial charge in [0.15, 0.2) is 0 Å². The van der Waals surface area contributed by atoms with Crippen molar-refractivity contribution in [3.05, 3.63) is 84.1 Å². The van der Waals surface area contributed by atoms with E-state index in [2.05, 4.69) is 11.6 Å². The predicted octanol–water partition coefficient (Wildman–Crippen LogP) is 5.50. The summed E-state index contributed by atoms with van der Waals surface area (Å²) >= 11 is 0. The van der Waals surface area contributed by atoms with Gasteiger partial charge in [0.25, 0.3) is 0 Å². The third-order valence-electron chi connectivity index (χ3n) is 3.77. The molecule has 1 aromatic heterocycles. The molecule has 1 heterocycles. The Balaban J connectivity index is 2.10. The number of aromatic amines is 1. The van der Waals surface area contributed by atoms with Crippen molar-refractivity contribution >= 4 is 10.9 Å². The van der Waals surface area contributed by atoms with Gasteiger partial charge in [0.05, 0.1) is 5.56 Å². The average molecular weight is 301 g/mol. The fourth-order valence-electron chi connectivity index (χ4n) is 2.70. The topological polar surface area (TPSA) is 15.8 Å². The summed E-state index contributed by atoms with van der Waals surface area (Å²) in [4.78, 5) is 3.15.